The minimum Gasteiger partial charge on any atom is -0.444 e. The van der Waals surface area contributed by atoms with E-state index in [1.165, 1.54) is 12.5 Å². The van der Waals surface area contributed by atoms with Crippen molar-refractivity contribution in [2.24, 2.45) is 0 Å². The number of hydrogen-bond acceptors (Lipinski definition) is 4. The van der Waals surface area contributed by atoms with Crippen molar-refractivity contribution in [1.82, 2.24) is 14.6 Å². The number of carbonyl (C=O) groups excluding carboxylic acids is 1. The second-order valence-corrected chi connectivity index (χ2v) is 4.71. The van der Waals surface area contributed by atoms with Crippen molar-refractivity contribution in [1.29, 1.82) is 0 Å². The number of carbonyl (C=O) groups is 1. The van der Waals surface area contributed by atoms with Gasteiger partial charge in [-0.1, -0.05) is 36.3 Å². The van der Waals surface area contributed by atoms with Crippen LogP contribution in [0.4, 0.5) is 0 Å². The van der Waals surface area contributed by atoms with E-state index in [0.29, 0.717) is 0 Å². The quantitative estimate of drug-likeness (QED) is 0.421. The molecule has 2 aliphatic heterocycles. The van der Waals surface area contributed by atoms with E-state index in [2.05, 4.69) is 16.0 Å². The normalized spacial score (nSPS) is 11.8. The molecule has 2 aromatic heterocycles. The fourth-order valence-electron chi connectivity index (χ4n) is 2.14. The first-order valence-corrected chi connectivity index (χ1v) is 6.72. The van der Waals surface area contributed by atoms with E-state index >= 15 is 0 Å². The molecule has 22 heavy (non-hydrogen) atoms. The number of fused-ring (bicyclic) bond motifs is 1. The van der Waals surface area contributed by atoms with Gasteiger partial charge in [0, 0.05) is 18.7 Å². The van der Waals surface area contributed by atoms with Crippen LogP contribution < -0.4 is 0 Å². The van der Waals surface area contributed by atoms with Crippen LogP contribution in [0.25, 0.3) is 16.9 Å². The number of pyridine rings is 1. The molecular formula is C17H13N3O2. The van der Waals surface area contributed by atoms with Crippen LogP contribution in [0.5, 0.6) is 0 Å². The standard InChI is InChI=1S/C11H10O2.C6H3N3/c1-3-11(13-9(2)12)10-7-5-4-6-8-10;1-2-9-6-4(3-7-9)5(1)8-6/h1,4-8,11H,2H3;1-3H. The molecular weight excluding hydrogens is 278 g/mol. The van der Waals surface area contributed by atoms with E-state index < -0.39 is 6.10 Å². The largest absolute Gasteiger partial charge is 0.444 e. The Labute approximate surface area is 127 Å². The highest BCUT2D eigenvalue weighted by Gasteiger charge is 2.17. The van der Waals surface area contributed by atoms with Gasteiger partial charge in [-0.3, -0.25) is 4.79 Å². The third-order valence-corrected chi connectivity index (χ3v) is 3.18. The number of benzene rings is 1. The summed E-state index contributed by atoms with van der Waals surface area (Å²) < 4.78 is 6.69. The molecule has 1 atom stereocenters. The van der Waals surface area contributed by atoms with Crippen LogP contribution in [0.2, 0.25) is 0 Å². The fourth-order valence-corrected chi connectivity index (χ4v) is 2.14. The van der Waals surface area contributed by atoms with Gasteiger partial charge in [0.2, 0.25) is 0 Å². The van der Waals surface area contributed by atoms with E-state index in [9.17, 15) is 4.79 Å². The first-order valence-electron chi connectivity index (χ1n) is 6.72. The van der Waals surface area contributed by atoms with Gasteiger partial charge in [-0.05, 0) is 6.07 Å². The van der Waals surface area contributed by atoms with Gasteiger partial charge in [0.1, 0.15) is 0 Å². The van der Waals surface area contributed by atoms with Crippen molar-refractivity contribution in [3.63, 3.8) is 0 Å². The highest BCUT2D eigenvalue weighted by atomic mass is 16.5. The molecule has 108 valence electrons. The van der Waals surface area contributed by atoms with E-state index in [-0.39, 0.29) is 5.97 Å². The molecule has 5 heteroatoms. The molecule has 3 aromatic rings. The summed E-state index contributed by atoms with van der Waals surface area (Å²) in [5.41, 5.74) is 4.09. The van der Waals surface area contributed by atoms with Crippen LogP contribution in [-0.4, -0.2) is 20.6 Å². The Hall–Kier alpha value is -3.13. The van der Waals surface area contributed by atoms with Crippen molar-refractivity contribution < 1.29 is 9.53 Å². The lowest BCUT2D eigenvalue weighted by molar-refractivity contribution is -0.144. The maximum atomic E-state index is 10.7. The lowest BCUT2D eigenvalue weighted by atomic mass is 10.1. The summed E-state index contributed by atoms with van der Waals surface area (Å²) in [7, 11) is 0. The number of rotatable bonds is 2. The molecule has 0 saturated heterocycles. The van der Waals surface area contributed by atoms with Crippen LogP contribution >= 0.6 is 0 Å². The predicted octanol–water partition coefficient (Wildman–Crippen LogP) is 2.63. The monoisotopic (exact) mass is 291 g/mol. The first-order chi connectivity index (χ1) is 10.7. The third kappa shape index (κ3) is 2.54. The van der Waals surface area contributed by atoms with Crippen molar-refractivity contribution in [3.05, 3.63) is 54.4 Å². The minimum atomic E-state index is -0.571. The highest BCUT2D eigenvalue weighted by Crippen LogP contribution is 2.29. The molecule has 1 unspecified atom stereocenters. The van der Waals surface area contributed by atoms with Gasteiger partial charge in [-0.25, -0.2) is 9.50 Å². The number of aromatic nitrogens is 3. The lowest BCUT2D eigenvalue weighted by Crippen LogP contribution is -2.05. The lowest BCUT2D eigenvalue weighted by Gasteiger charge is -2.10. The minimum absolute atomic E-state index is 0.369. The van der Waals surface area contributed by atoms with Gasteiger partial charge in [-0.15, -0.1) is 6.42 Å². The Morgan fingerprint density at radius 1 is 1.32 bits per heavy atom. The van der Waals surface area contributed by atoms with Gasteiger partial charge >= 0.3 is 5.97 Å². The van der Waals surface area contributed by atoms with Gasteiger partial charge in [0.25, 0.3) is 0 Å². The molecule has 5 nitrogen and oxygen atoms in total. The molecule has 0 fully saturated rings. The average Bonchev–Trinajstić information content (AvgIpc) is 2.75. The molecule has 2 aliphatic rings. The van der Waals surface area contributed by atoms with Crippen LogP contribution in [0, 0.1) is 12.3 Å². The van der Waals surface area contributed by atoms with Gasteiger partial charge in [-0.2, -0.15) is 5.10 Å². The summed E-state index contributed by atoms with van der Waals surface area (Å²) in [5, 5.41) is 4.05. The Balaban J connectivity index is 0.000000137. The zero-order chi connectivity index (χ0) is 15.5. The van der Waals surface area contributed by atoms with Crippen molar-refractivity contribution in [2.45, 2.75) is 13.0 Å². The zero-order valence-electron chi connectivity index (χ0n) is 11.9. The molecule has 0 amide bonds. The summed E-state index contributed by atoms with van der Waals surface area (Å²) in [6, 6.07) is 11.2. The number of ether oxygens (including phenoxy) is 1. The summed E-state index contributed by atoms with van der Waals surface area (Å²) in [5.74, 6) is 2.04. The molecule has 0 aliphatic carbocycles. The van der Waals surface area contributed by atoms with Crippen LogP contribution in [0.15, 0.2) is 48.8 Å². The third-order valence-electron chi connectivity index (χ3n) is 3.18. The summed E-state index contributed by atoms with van der Waals surface area (Å²) >= 11 is 0. The van der Waals surface area contributed by atoms with Crippen LogP contribution in [0.1, 0.15) is 18.6 Å². The number of esters is 1. The Bertz CT molecular complexity index is 857. The Morgan fingerprint density at radius 3 is 2.64 bits per heavy atom. The van der Waals surface area contributed by atoms with Gasteiger partial charge in [0.05, 0.1) is 17.5 Å². The second-order valence-electron chi connectivity index (χ2n) is 4.71. The number of nitrogens with zero attached hydrogens (tertiary/aromatic N) is 3. The molecule has 0 radical (unpaired) electrons. The SMILES string of the molecule is C#CC(OC(C)=O)c1ccccc1.c1cn2ncc3c2nc1-3. The zero-order valence-corrected chi connectivity index (χ0v) is 11.9. The number of hydrogen-bond donors (Lipinski definition) is 0. The van der Waals surface area contributed by atoms with Gasteiger partial charge < -0.3 is 4.74 Å². The molecule has 4 bridgehead atoms. The Kier molecular flexibility index (Phi) is 3.58. The smallest absolute Gasteiger partial charge is 0.304 e. The van der Waals surface area contributed by atoms with Crippen molar-refractivity contribution in [2.75, 3.05) is 0 Å². The molecule has 0 saturated carbocycles. The van der Waals surface area contributed by atoms with E-state index in [1.807, 2.05) is 48.8 Å². The predicted molar refractivity (Wildman–Crippen MR) is 81.8 cm³/mol. The maximum Gasteiger partial charge on any atom is 0.304 e. The number of terminal acetylenes is 1. The van der Waals surface area contributed by atoms with Crippen LogP contribution in [-0.2, 0) is 9.53 Å². The van der Waals surface area contributed by atoms with Crippen molar-refractivity contribution >= 4 is 11.6 Å². The van der Waals surface area contributed by atoms with E-state index in [1.54, 1.807) is 4.52 Å². The topological polar surface area (TPSA) is 56.5 Å². The molecule has 0 N–H and O–H groups in total. The summed E-state index contributed by atoms with van der Waals surface area (Å²) in [6.07, 6.45) is 8.42. The molecule has 1 aromatic carbocycles. The van der Waals surface area contributed by atoms with Crippen molar-refractivity contribution in [3.8, 4) is 23.6 Å². The summed E-state index contributed by atoms with van der Waals surface area (Å²) in [6.45, 7) is 1.34. The molecule has 0 spiro atoms. The van der Waals surface area contributed by atoms with Gasteiger partial charge in [0.15, 0.2) is 11.8 Å². The van der Waals surface area contributed by atoms with Crippen LogP contribution in [0.3, 0.4) is 0 Å². The Morgan fingerprint density at radius 2 is 2.09 bits per heavy atom. The summed E-state index contributed by atoms with van der Waals surface area (Å²) in [4.78, 5) is 14.8. The average molecular weight is 291 g/mol. The van der Waals surface area contributed by atoms with E-state index in [4.69, 9.17) is 11.2 Å². The molecule has 4 heterocycles. The fraction of sp³-hybridized carbons (Fsp3) is 0.118. The maximum absolute atomic E-state index is 10.7. The first kappa shape index (κ1) is 13.8. The highest BCUT2D eigenvalue weighted by molar-refractivity contribution is 5.82. The molecule has 5 rings (SSSR count). The second kappa shape index (κ2) is 5.70. The van der Waals surface area contributed by atoms with E-state index in [0.717, 1.165) is 16.9 Å².